The summed E-state index contributed by atoms with van der Waals surface area (Å²) in [6, 6.07) is 9.42. The molecule has 0 spiro atoms. The fraction of sp³-hybridized carbons (Fsp3) is 0.360. The number of nitrogens with zero attached hydrogens (tertiary/aromatic N) is 2. The van der Waals surface area contributed by atoms with Crippen LogP contribution in [0.3, 0.4) is 0 Å². The minimum Gasteiger partial charge on any atom is -0.511 e. The predicted octanol–water partition coefficient (Wildman–Crippen LogP) is 3.06. The van der Waals surface area contributed by atoms with Crippen LogP contribution in [0.1, 0.15) is 38.7 Å². The van der Waals surface area contributed by atoms with Crippen LogP contribution in [0.25, 0.3) is 11.1 Å². The Bertz CT molecular complexity index is 1110. The Morgan fingerprint density at radius 1 is 1.24 bits per heavy atom. The summed E-state index contributed by atoms with van der Waals surface area (Å²) in [6.07, 6.45) is 4.14. The Balaban J connectivity index is 1.75. The van der Waals surface area contributed by atoms with E-state index in [1.165, 1.54) is 11.8 Å². The first-order valence-corrected chi connectivity index (χ1v) is 11.0. The van der Waals surface area contributed by atoms with E-state index in [1.54, 1.807) is 26.4 Å². The number of carboxylic acids is 1. The molecule has 2 amide bonds. The van der Waals surface area contributed by atoms with Crippen LogP contribution in [0, 0.1) is 0 Å². The van der Waals surface area contributed by atoms with E-state index >= 15 is 0 Å². The summed E-state index contributed by atoms with van der Waals surface area (Å²) in [6.45, 7) is 3.67. The molecule has 2 aromatic rings. The van der Waals surface area contributed by atoms with Crippen molar-refractivity contribution in [3.05, 3.63) is 59.6 Å². The number of amides is 2. The molecule has 1 aliphatic heterocycles. The van der Waals surface area contributed by atoms with Gasteiger partial charge in [0.1, 0.15) is 22.6 Å². The van der Waals surface area contributed by atoms with Crippen molar-refractivity contribution in [1.29, 1.82) is 0 Å². The van der Waals surface area contributed by atoms with Crippen LogP contribution in [0.5, 0.6) is 5.75 Å². The van der Waals surface area contributed by atoms with E-state index in [0.29, 0.717) is 12.2 Å². The number of hydrogen-bond acceptors (Lipinski definition) is 6. The number of ether oxygens (including phenoxy) is 1. The van der Waals surface area contributed by atoms with Gasteiger partial charge in [0.05, 0.1) is 13.3 Å². The topological polar surface area (TPSA) is 129 Å². The minimum absolute atomic E-state index is 0.109. The molecular formula is C25H29N3O6. The molecule has 1 aliphatic rings. The van der Waals surface area contributed by atoms with Crippen molar-refractivity contribution in [2.75, 3.05) is 13.7 Å². The highest BCUT2D eigenvalue weighted by atomic mass is 16.5. The van der Waals surface area contributed by atoms with Crippen LogP contribution in [-0.4, -0.2) is 57.1 Å². The van der Waals surface area contributed by atoms with Gasteiger partial charge in [-0.2, -0.15) is 0 Å². The van der Waals surface area contributed by atoms with E-state index in [-0.39, 0.29) is 31.7 Å². The molecular weight excluding hydrogens is 438 g/mol. The average molecular weight is 468 g/mol. The highest BCUT2D eigenvalue weighted by Crippen LogP contribution is 2.29. The first kappa shape index (κ1) is 24.8. The lowest BCUT2D eigenvalue weighted by Crippen LogP contribution is -2.54. The van der Waals surface area contributed by atoms with Gasteiger partial charge in [0, 0.05) is 31.3 Å². The number of pyridine rings is 1. The molecule has 3 N–H and O–H groups in total. The maximum absolute atomic E-state index is 13.0. The van der Waals surface area contributed by atoms with Crippen LogP contribution in [-0.2, 0) is 20.9 Å². The Hall–Kier alpha value is -3.88. The molecule has 1 aromatic heterocycles. The van der Waals surface area contributed by atoms with E-state index < -0.39 is 28.9 Å². The average Bonchev–Trinajstić information content (AvgIpc) is 2.81. The Morgan fingerprint density at radius 2 is 1.94 bits per heavy atom. The zero-order valence-corrected chi connectivity index (χ0v) is 19.5. The Kier molecular flexibility index (Phi) is 7.55. The van der Waals surface area contributed by atoms with Gasteiger partial charge in [-0.15, -0.1) is 0 Å². The van der Waals surface area contributed by atoms with Crippen molar-refractivity contribution in [3.63, 3.8) is 0 Å². The number of hydrogen-bond donors (Lipinski definition) is 3. The zero-order chi connectivity index (χ0) is 24.9. The van der Waals surface area contributed by atoms with Gasteiger partial charge in [0.2, 0.25) is 0 Å². The molecule has 0 fully saturated rings. The van der Waals surface area contributed by atoms with Crippen molar-refractivity contribution < 1.29 is 29.3 Å². The lowest BCUT2D eigenvalue weighted by atomic mass is 9.95. The molecule has 3 rings (SSSR count). The summed E-state index contributed by atoms with van der Waals surface area (Å²) in [4.78, 5) is 43.1. The lowest BCUT2D eigenvalue weighted by molar-refractivity contribution is -0.147. The molecule has 0 saturated carbocycles. The third kappa shape index (κ3) is 5.19. The maximum atomic E-state index is 13.0. The summed E-state index contributed by atoms with van der Waals surface area (Å²) >= 11 is 0. The first-order valence-electron chi connectivity index (χ1n) is 11.0. The number of benzene rings is 1. The summed E-state index contributed by atoms with van der Waals surface area (Å²) < 4.78 is 5.36. The second-order valence-corrected chi connectivity index (χ2v) is 8.41. The molecule has 1 aromatic carbocycles. The zero-order valence-electron chi connectivity index (χ0n) is 19.5. The number of aromatic nitrogens is 1. The molecule has 1 atom stereocenters. The summed E-state index contributed by atoms with van der Waals surface area (Å²) in [5.41, 5.74) is 0.708. The highest BCUT2D eigenvalue weighted by Gasteiger charge is 2.39. The molecule has 9 nitrogen and oxygen atoms in total. The van der Waals surface area contributed by atoms with Gasteiger partial charge < -0.3 is 25.2 Å². The summed E-state index contributed by atoms with van der Waals surface area (Å²) in [5, 5.41) is 22.2. The number of carbonyl (C=O) groups excluding carboxylic acids is 2. The van der Waals surface area contributed by atoms with Gasteiger partial charge in [0.15, 0.2) is 0 Å². The van der Waals surface area contributed by atoms with Gasteiger partial charge in [0.25, 0.3) is 11.8 Å². The van der Waals surface area contributed by atoms with E-state index in [9.17, 15) is 24.6 Å². The van der Waals surface area contributed by atoms with Crippen molar-refractivity contribution >= 4 is 17.8 Å². The van der Waals surface area contributed by atoms with Gasteiger partial charge in [-0.1, -0.05) is 37.6 Å². The van der Waals surface area contributed by atoms with Gasteiger partial charge >= 0.3 is 5.97 Å². The fourth-order valence-corrected chi connectivity index (χ4v) is 3.96. The second-order valence-electron chi connectivity index (χ2n) is 8.41. The van der Waals surface area contributed by atoms with E-state index in [4.69, 9.17) is 4.74 Å². The van der Waals surface area contributed by atoms with Crippen molar-refractivity contribution in [2.24, 2.45) is 0 Å². The number of rotatable bonds is 9. The van der Waals surface area contributed by atoms with Gasteiger partial charge in [-0.05, 0) is 30.5 Å². The molecule has 0 aliphatic carbocycles. The molecule has 0 saturated heterocycles. The molecule has 34 heavy (non-hydrogen) atoms. The van der Waals surface area contributed by atoms with E-state index in [0.717, 1.165) is 16.7 Å². The van der Waals surface area contributed by atoms with Crippen molar-refractivity contribution in [3.8, 4) is 16.9 Å². The lowest BCUT2D eigenvalue weighted by Gasteiger charge is -2.31. The minimum atomic E-state index is -1.54. The van der Waals surface area contributed by atoms with Crippen molar-refractivity contribution in [2.45, 2.75) is 45.2 Å². The Labute approximate surface area is 198 Å². The monoisotopic (exact) mass is 467 g/mol. The van der Waals surface area contributed by atoms with Gasteiger partial charge in [-0.3, -0.25) is 14.6 Å². The van der Waals surface area contributed by atoms with Crippen LogP contribution in [0.15, 0.2) is 54.1 Å². The molecule has 0 radical (unpaired) electrons. The van der Waals surface area contributed by atoms with Crippen LogP contribution < -0.4 is 10.1 Å². The number of carboxylic acid groups (broad SMARTS) is 1. The summed E-state index contributed by atoms with van der Waals surface area (Å²) in [5.74, 6) is -2.40. The third-order valence-electron chi connectivity index (χ3n) is 5.89. The standard InChI is InChI=1S/C25H29N3O6/c1-4-11-25(2,24(32)33)27-22(30)21-19(29)10-13-28(23(21)31)15-16-5-7-17(8-6-16)18-9-12-26-14-20(18)34-3/h5-9,12,14,29H,4,10-11,13,15H2,1-3H3,(H,27,30)(H,32,33). The predicted molar refractivity (Wildman–Crippen MR) is 125 cm³/mol. The van der Waals surface area contributed by atoms with E-state index in [2.05, 4.69) is 10.3 Å². The third-order valence-corrected chi connectivity index (χ3v) is 5.89. The van der Waals surface area contributed by atoms with Crippen LogP contribution in [0.4, 0.5) is 0 Å². The normalized spacial score (nSPS) is 15.6. The number of methoxy groups -OCH3 is 1. The summed E-state index contributed by atoms with van der Waals surface area (Å²) in [7, 11) is 1.58. The van der Waals surface area contributed by atoms with Crippen molar-refractivity contribution in [1.82, 2.24) is 15.2 Å². The maximum Gasteiger partial charge on any atom is 0.329 e. The number of aliphatic carboxylic acids is 1. The number of aliphatic hydroxyl groups is 1. The largest absolute Gasteiger partial charge is 0.511 e. The van der Waals surface area contributed by atoms with Gasteiger partial charge in [-0.25, -0.2) is 4.79 Å². The molecule has 2 heterocycles. The number of aliphatic hydroxyl groups excluding tert-OH is 1. The fourth-order valence-electron chi connectivity index (χ4n) is 3.96. The molecule has 9 heteroatoms. The number of carbonyl (C=O) groups is 3. The molecule has 1 unspecified atom stereocenters. The van der Waals surface area contributed by atoms with Crippen LogP contribution >= 0.6 is 0 Å². The SMILES string of the molecule is CCCC(C)(NC(=O)C1=C(O)CCN(Cc2ccc(-c3ccncc3OC)cc2)C1=O)C(=O)O. The smallest absolute Gasteiger partial charge is 0.329 e. The second kappa shape index (κ2) is 10.4. The molecule has 0 bridgehead atoms. The number of nitrogens with one attached hydrogen (secondary N) is 1. The quantitative estimate of drug-likeness (QED) is 0.483. The first-order chi connectivity index (χ1) is 16.2. The molecule has 180 valence electrons. The van der Waals surface area contributed by atoms with Crippen LogP contribution in [0.2, 0.25) is 0 Å². The van der Waals surface area contributed by atoms with E-state index in [1.807, 2.05) is 30.3 Å². The Morgan fingerprint density at radius 3 is 2.56 bits per heavy atom. The highest BCUT2D eigenvalue weighted by molar-refractivity contribution is 6.19.